The summed E-state index contributed by atoms with van der Waals surface area (Å²) in [6, 6.07) is 1.48. The maximum Gasteiger partial charge on any atom is 0.00900 e. The van der Waals surface area contributed by atoms with Gasteiger partial charge in [0.25, 0.3) is 0 Å². The third-order valence-corrected chi connectivity index (χ3v) is 4.89. The minimum Gasteiger partial charge on any atom is -0.311 e. The highest BCUT2D eigenvalue weighted by Gasteiger charge is 2.28. The van der Waals surface area contributed by atoms with E-state index in [0.29, 0.717) is 11.5 Å². The molecule has 0 spiro atoms. The number of hydrogen-bond acceptors (Lipinski definition) is 1. The van der Waals surface area contributed by atoms with Crippen LogP contribution in [0.15, 0.2) is 0 Å². The zero-order valence-corrected chi connectivity index (χ0v) is 13.6. The molecule has 1 saturated carbocycles. The molecule has 0 aromatic carbocycles. The third kappa shape index (κ3) is 4.91. The smallest absolute Gasteiger partial charge is 0.00900 e. The zero-order chi connectivity index (χ0) is 13.8. The van der Waals surface area contributed by atoms with Gasteiger partial charge in [0.1, 0.15) is 0 Å². The van der Waals surface area contributed by atoms with Crippen molar-refractivity contribution in [1.29, 1.82) is 0 Å². The van der Waals surface area contributed by atoms with Crippen LogP contribution in [-0.2, 0) is 0 Å². The molecule has 1 fully saturated rings. The quantitative estimate of drug-likeness (QED) is 0.695. The van der Waals surface area contributed by atoms with Gasteiger partial charge in [0.2, 0.25) is 0 Å². The maximum absolute atomic E-state index is 3.92. The van der Waals surface area contributed by atoms with Crippen molar-refractivity contribution in [1.82, 2.24) is 5.32 Å². The summed E-state index contributed by atoms with van der Waals surface area (Å²) in [4.78, 5) is 0. The van der Waals surface area contributed by atoms with E-state index >= 15 is 0 Å². The average Bonchev–Trinajstić information content (AvgIpc) is 2.49. The molecule has 0 bridgehead atoms. The molecule has 108 valence electrons. The van der Waals surface area contributed by atoms with E-state index in [2.05, 4.69) is 46.9 Å². The van der Waals surface area contributed by atoms with Crippen LogP contribution in [0.2, 0.25) is 0 Å². The minimum atomic E-state index is 0.497. The first kappa shape index (κ1) is 16.0. The zero-order valence-electron chi connectivity index (χ0n) is 13.6. The van der Waals surface area contributed by atoms with Gasteiger partial charge in [-0.3, -0.25) is 0 Å². The second-order valence-corrected chi connectivity index (χ2v) is 7.69. The molecule has 1 aliphatic rings. The van der Waals surface area contributed by atoms with Gasteiger partial charge in [-0.15, -0.1) is 0 Å². The van der Waals surface area contributed by atoms with E-state index in [1.807, 2.05) is 0 Å². The summed E-state index contributed by atoms with van der Waals surface area (Å²) in [6.45, 7) is 14.2. The molecule has 3 atom stereocenters. The van der Waals surface area contributed by atoms with E-state index in [-0.39, 0.29) is 0 Å². The SMILES string of the molecule is CCC(NC1CCCC(C(C)(C)C)CC1)C(C)C. The molecule has 1 nitrogen and oxygen atoms in total. The van der Waals surface area contributed by atoms with Gasteiger partial charge >= 0.3 is 0 Å². The van der Waals surface area contributed by atoms with Crippen molar-refractivity contribution in [2.24, 2.45) is 17.3 Å². The summed E-state index contributed by atoms with van der Waals surface area (Å²) in [5.41, 5.74) is 0.497. The molecular weight excluding hydrogens is 218 g/mol. The molecule has 1 aliphatic carbocycles. The minimum absolute atomic E-state index is 0.497. The lowest BCUT2D eigenvalue weighted by Crippen LogP contribution is -2.40. The summed E-state index contributed by atoms with van der Waals surface area (Å²) < 4.78 is 0. The molecule has 1 rings (SSSR count). The van der Waals surface area contributed by atoms with Gasteiger partial charge in [0.05, 0.1) is 0 Å². The van der Waals surface area contributed by atoms with E-state index in [4.69, 9.17) is 0 Å². The van der Waals surface area contributed by atoms with Crippen LogP contribution >= 0.6 is 0 Å². The van der Waals surface area contributed by atoms with Crippen LogP contribution in [0.1, 0.15) is 80.1 Å². The highest BCUT2D eigenvalue weighted by atomic mass is 15.0. The van der Waals surface area contributed by atoms with E-state index in [0.717, 1.165) is 17.9 Å². The fourth-order valence-corrected chi connectivity index (χ4v) is 3.42. The monoisotopic (exact) mass is 253 g/mol. The van der Waals surface area contributed by atoms with Crippen LogP contribution < -0.4 is 5.32 Å². The molecule has 0 aromatic rings. The fraction of sp³-hybridized carbons (Fsp3) is 1.00. The summed E-state index contributed by atoms with van der Waals surface area (Å²) in [6.07, 6.45) is 8.28. The Hall–Kier alpha value is -0.0400. The number of hydrogen-bond donors (Lipinski definition) is 1. The molecule has 18 heavy (non-hydrogen) atoms. The van der Waals surface area contributed by atoms with Crippen molar-refractivity contribution in [2.75, 3.05) is 0 Å². The van der Waals surface area contributed by atoms with Gasteiger partial charge < -0.3 is 5.32 Å². The van der Waals surface area contributed by atoms with E-state index in [1.54, 1.807) is 0 Å². The molecule has 0 radical (unpaired) electrons. The molecule has 0 aromatic heterocycles. The van der Waals surface area contributed by atoms with Crippen molar-refractivity contribution in [3.8, 4) is 0 Å². The molecule has 1 heteroatoms. The average molecular weight is 253 g/mol. The second kappa shape index (κ2) is 6.93. The Morgan fingerprint density at radius 2 is 1.72 bits per heavy atom. The largest absolute Gasteiger partial charge is 0.311 e. The number of rotatable bonds is 4. The highest BCUT2D eigenvalue weighted by molar-refractivity contribution is 4.83. The van der Waals surface area contributed by atoms with Crippen LogP contribution in [0.25, 0.3) is 0 Å². The van der Waals surface area contributed by atoms with Crippen molar-refractivity contribution >= 4 is 0 Å². The Kier molecular flexibility index (Phi) is 6.17. The van der Waals surface area contributed by atoms with Gasteiger partial charge in [-0.2, -0.15) is 0 Å². The first-order valence-corrected chi connectivity index (χ1v) is 8.10. The normalized spacial score (nSPS) is 28.2. The Labute approximate surface area is 115 Å². The highest BCUT2D eigenvalue weighted by Crippen LogP contribution is 2.36. The second-order valence-electron chi connectivity index (χ2n) is 7.69. The third-order valence-electron chi connectivity index (χ3n) is 4.89. The van der Waals surface area contributed by atoms with Gasteiger partial charge in [-0.1, -0.05) is 48.0 Å². The Morgan fingerprint density at radius 1 is 1.06 bits per heavy atom. The summed E-state index contributed by atoms with van der Waals surface area (Å²) in [5.74, 6) is 1.68. The lowest BCUT2D eigenvalue weighted by atomic mass is 9.76. The van der Waals surface area contributed by atoms with Crippen LogP contribution in [0.5, 0.6) is 0 Å². The van der Waals surface area contributed by atoms with E-state index < -0.39 is 0 Å². The lowest BCUT2D eigenvalue weighted by Gasteiger charge is -2.30. The Morgan fingerprint density at radius 3 is 2.22 bits per heavy atom. The van der Waals surface area contributed by atoms with Crippen molar-refractivity contribution in [3.63, 3.8) is 0 Å². The van der Waals surface area contributed by atoms with Gasteiger partial charge in [0.15, 0.2) is 0 Å². The Balaban J connectivity index is 2.47. The molecule has 0 saturated heterocycles. The molecule has 3 unspecified atom stereocenters. The predicted molar refractivity (Wildman–Crippen MR) is 81.9 cm³/mol. The predicted octanol–water partition coefficient (Wildman–Crippen LogP) is 5.01. The summed E-state index contributed by atoms with van der Waals surface area (Å²) in [5, 5.41) is 3.92. The van der Waals surface area contributed by atoms with Crippen LogP contribution in [0.3, 0.4) is 0 Å². The van der Waals surface area contributed by atoms with Crippen LogP contribution in [0, 0.1) is 17.3 Å². The first-order valence-electron chi connectivity index (χ1n) is 8.10. The Bertz CT molecular complexity index is 226. The maximum atomic E-state index is 3.92. The molecule has 0 amide bonds. The topological polar surface area (TPSA) is 12.0 Å². The standard InChI is InChI=1S/C17H35N/c1-7-16(13(2)3)18-15-10-8-9-14(11-12-15)17(4,5)6/h13-16,18H,7-12H2,1-6H3. The summed E-state index contributed by atoms with van der Waals surface area (Å²) >= 11 is 0. The molecule has 0 heterocycles. The van der Waals surface area contributed by atoms with Crippen LogP contribution in [0.4, 0.5) is 0 Å². The van der Waals surface area contributed by atoms with Gasteiger partial charge in [-0.25, -0.2) is 0 Å². The van der Waals surface area contributed by atoms with Gasteiger partial charge in [-0.05, 0) is 49.4 Å². The fourth-order valence-electron chi connectivity index (χ4n) is 3.42. The van der Waals surface area contributed by atoms with Crippen LogP contribution in [-0.4, -0.2) is 12.1 Å². The van der Waals surface area contributed by atoms with E-state index in [1.165, 1.54) is 38.5 Å². The number of nitrogens with one attached hydrogen (secondary N) is 1. The van der Waals surface area contributed by atoms with Crippen molar-refractivity contribution in [2.45, 2.75) is 92.2 Å². The molecule has 1 N–H and O–H groups in total. The molecule has 0 aliphatic heterocycles. The summed E-state index contributed by atoms with van der Waals surface area (Å²) in [7, 11) is 0. The van der Waals surface area contributed by atoms with Crippen molar-refractivity contribution < 1.29 is 0 Å². The first-order chi connectivity index (χ1) is 8.34. The molecular formula is C17H35N. The van der Waals surface area contributed by atoms with Gasteiger partial charge in [0, 0.05) is 12.1 Å². The lowest BCUT2D eigenvalue weighted by molar-refractivity contribution is 0.212. The van der Waals surface area contributed by atoms with Crippen molar-refractivity contribution in [3.05, 3.63) is 0 Å². The van der Waals surface area contributed by atoms with E-state index in [9.17, 15) is 0 Å².